The number of sulfonamides is 1. The molecule has 4 rings (SSSR count). The highest BCUT2D eigenvalue weighted by Gasteiger charge is 2.46. The molecule has 0 N–H and O–H groups in total. The van der Waals surface area contributed by atoms with Gasteiger partial charge in [0, 0.05) is 10.0 Å². The van der Waals surface area contributed by atoms with Crippen LogP contribution in [0.4, 0.5) is 4.79 Å². The van der Waals surface area contributed by atoms with Crippen LogP contribution in [0.5, 0.6) is 0 Å². The molecule has 10 heteroatoms. The van der Waals surface area contributed by atoms with Gasteiger partial charge in [-0.15, -0.1) is 0 Å². The molecular formula is C30H31Cl2NO6S. The van der Waals surface area contributed by atoms with E-state index in [0.717, 1.165) is 5.56 Å². The number of ether oxygens (including phenoxy) is 2. The molecule has 1 amide bonds. The fraction of sp³-hybridized carbons (Fsp3) is 0.333. The Morgan fingerprint density at radius 1 is 0.850 bits per heavy atom. The van der Waals surface area contributed by atoms with Crippen LogP contribution in [-0.2, 0) is 24.3 Å². The first-order chi connectivity index (χ1) is 18.8. The third-order valence-corrected chi connectivity index (χ3v) is 8.52. The molecular weight excluding hydrogens is 573 g/mol. The number of hydrogen-bond acceptors (Lipinski definition) is 6. The molecule has 3 aromatic carbocycles. The summed E-state index contributed by atoms with van der Waals surface area (Å²) in [4.78, 5) is 26.8. The second kappa shape index (κ2) is 11.8. The normalized spacial score (nSPS) is 15.2. The number of aryl methyl sites for hydroxylation is 1. The first kappa shape index (κ1) is 29.9. The van der Waals surface area contributed by atoms with E-state index in [4.69, 9.17) is 32.7 Å². The van der Waals surface area contributed by atoms with Gasteiger partial charge in [0.05, 0.1) is 10.8 Å². The maximum atomic E-state index is 14.3. The van der Waals surface area contributed by atoms with Crippen LogP contribution >= 0.6 is 23.2 Å². The van der Waals surface area contributed by atoms with Crippen molar-refractivity contribution in [2.45, 2.75) is 63.2 Å². The maximum absolute atomic E-state index is 14.3. The number of rotatable bonds is 8. The Hall–Kier alpha value is -3.07. The highest BCUT2D eigenvalue weighted by atomic mass is 35.5. The van der Waals surface area contributed by atoms with Crippen molar-refractivity contribution < 1.29 is 27.5 Å². The molecule has 0 unspecified atom stereocenters. The van der Waals surface area contributed by atoms with E-state index in [9.17, 15) is 18.0 Å². The molecule has 0 bridgehead atoms. The average Bonchev–Trinajstić information content (AvgIpc) is 3.72. The van der Waals surface area contributed by atoms with Gasteiger partial charge in [0.1, 0.15) is 11.6 Å². The lowest BCUT2D eigenvalue weighted by Gasteiger charge is -2.37. The van der Waals surface area contributed by atoms with Crippen molar-refractivity contribution in [1.29, 1.82) is 0 Å². The van der Waals surface area contributed by atoms with E-state index in [1.165, 1.54) is 12.1 Å². The lowest BCUT2D eigenvalue weighted by Crippen LogP contribution is -2.45. The summed E-state index contributed by atoms with van der Waals surface area (Å²) in [6.07, 6.45) is -0.987. The first-order valence-electron chi connectivity index (χ1n) is 12.8. The Bertz CT molecular complexity index is 1460. The van der Waals surface area contributed by atoms with Gasteiger partial charge in [-0.2, -0.15) is 4.31 Å². The van der Waals surface area contributed by atoms with E-state index >= 15 is 0 Å². The van der Waals surface area contributed by atoms with E-state index in [0.29, 0.717) is 38.3 Å². The summed E-state index contributed by atoms with van der Waals surface area (Å²) in [6, 6.07) is 17.7. The van der Waals surface area contributed by atoms with Gasteiger partial charge in [0.15, 0.2) is 6.10 Å². The van der Waals surface area contributed by atoms with Gasteiger partial charge in [-0.25, -0.2) is 13.2 Å². The van der Waals surface area contributed by atoms with Crippen LogP contribution in [0.15, 0.2) is 77.7 Å². The highest BCUT2D eigenvalue weighted by Crippen LogP contribution is 2.43. The van der Waals surface area contributed by atoms with Crippen LogP contribution in [-0.4, -0.2) is 30.4 Å². The Labute approximate surface area is 245 Å². The van der Waals surface area contributed by atoms with Crippen molar-refractivity contribution in [2.75, 3.05) is 0 Å². The van der Waals surface area contributed by atoms with Gasteiger partial charge in [-0.05, 0) is 88.1 Å². The topological polar surface area (TPSA) is 90.0 Å². The third-order valence-electron chi connectivity index (χ3n) is 6.25. The van der Waals surface area contributed by atoms with Crippen molar-refractivity contribution in [2.24, 2.45) is 5.92 Å². The van der Waals surface area contributed by atoms with Crippen molar-refractivity contribution in [1.82, 2.24) is 4.31 Å². The van der Waals surface area contributed by atoms with Crippen LogP contribution in [0.1, 0.15) is 62.4 Å². The van der Waals surface area contributed by atoms with Crippen molar-refractivity contribution in [3.05, 3.63) is 99.5 Å². The minimum absolute atomic E-state index is 0.119. The zero-order valence-corrected chi connectivity index (χ0v) is 25.0. The zero-order chi connectivity index (χ0) is 29.2. The number of halogens is 2. The van der Waals surface area contributed by atoms with Crippen molar-refractivity contribution in [3.8, 4) is 0 Å². The molecule has 2 atom stereocenters. The van der Waals surface area contributed by atoms with Crippen molar-refractivity contribution >= 4 is 45.3 Å². The van der Waals surface area contributed by atoms with Crippen LogP contribution in [0.25, 0.3) is 0 Å². The molecule has 1 fully saturated rings. The van der Waals surface area contributed by atoms with Crippen LogP contribution in [0, 0.1) is 12.8 Å². The molecule has 3 aromatic rings. The molecule has 1 saturated carbocycles. The molecule has 0 spiro atoms. The summed E-state index contributed by atoms with van der Waals surface area (Å²) in [5.74, 6) is -0.764. The molecule has 1 aliphatic rings. The van der Waals surface area contributed by atoms with Gasteiger partial charge in [-0.3, -0.25) is 4.79 Å². The second-order valence-corrected chi connectivity index (χ2v) is 13.5. The molecule has 1 aliphatic carbocycles. The molecule has 7 nitrogen and oxygen atoms in total. The highest BCUT2D eigenvalue weighted by molar-refractivity contribution is 7.89. The van der Waals surface area contributed by atoms with Crippen LogP contribution in [0.2, 0.25) is 10.0 Å². The largest absolute Gasteiger partial charge is 0.455 e. The molecule has 212 valence electrons. The molecule has 0 radical (unpaired) electrons. The predicted molar refractivity (Wildman–Crippen MR) is 154 cm³/mol. The van der Waals surface area contributed by atoms with Gasteiger partial charge < -0.3 is 9.47 Å². The maximum Gasteiger partial charge on any atom is 0.425 e. The summed E-state index contributed by atoms with van der Waals surface area (Å²) in [5.41, 5.74) is 0.637. The smallest absolute Gasteiger partial charge is 0.425 e. The molecule has 0 aliphatic heterocycles. The number of esters is 1. The quantitative estimate of drug-likeness (QED) is 0.245. The fourth-order valence-corrected chi connectivity index (χ4v) is 5.82. The predicted octanol–water partition coefficient (Wildman–Crippen LogP) is 7.66. The number of hydrogen-bond donors (Lipinski definition) is 0. The molecule has 0 aromatic heterocycles. The Kier molecular flexibility index (Phi) is 8.83. The summed E-state index contributed by atoms with van der Waals surface area (Å²) < 4.78 is 41.0. The standard InChI is InChI=1S/C30H31Cl2NO6S/c1-19-5-17-25(18-6-19)40(36,37)33(29(35)39-30(2,3)4)26(20-9-13-23(31)14-10-20)27(38-28(34)22-7-8-22)21-11-15-24(32)16-12-21/h5-6,9-18,22,26-27H,7-8H2,1-4H3/t26-,27+/m1/s1. The van der Waals surface area contributed by atoms with E-state index < -0.39 is 39.8 Å². The third kappa shape index (κ3) is 7.16. The number of carbonyl (C=O) groups is 2. The SMILES string of the molecule is Cc1ccc(S(=O)(=O)N(C(=O)OC(C)(C)C)[C@H](c2ccc(Cl)cc2)[C@@H](OC(=O)C2CC2)c2ccc(Cl)cc2)cc1. The number of nitrogens with zero attached hydrogens (tertiary/aromatic N) is 1. The monoisotopic (exact) mass is 603 g/mol. The molecule has 0 saturated heterocycles. The average molecular weight is 605 g/mol. The van der Waals surface area contributed by atoms with Gasteiger partial charge in [0.2, 0.25) is 0 Å². The van der Waals surface area contributed by atoms with E-state index in [-0.39, 0.29) is 10.8 Å². The minimum Gasteiger partial charge on any atom is -0.455 e. The van der Waals surface area contributed by atoms with Crippen LogP contribution < -0.4 is 0 Å². The van der Waals surface area contributed by atoms with E-state index in [2.05, 4.69) is 0 Å². The van der Waals surface area contributed by atoms with Crippen LogP contribution in [0.3, 0.4) is 0 Å². The minimum atomic E-state index is -4.54. The first-order valence-corrected chi connectivity index (χ1v) is 15.0. The Morgan fingerprint density at radius 2 is 1.35 bits per heavy atom. The lowest BCUT2D eigenvalue weighted by molar-refractivity contribution is -0.154. The van der Waals surface area contributed by atoms with Crippen molar-refractivity contribution in [3.63, 3.8) is 0 Å². The number of carbonyl (C=O) groups excluding carboxylic acids is 2. The Balaban J connectivity index is 1.97. The molecule has 0 heterocycles. The summed E-state index contributed by atoms with van der Waals surface area (Å²) in [5, 5.41) is 0.848. The molecule has 40 heavy (non-hydrogen) atoms. The summed E-state index contributed by atoms with van der Waals surface area (Å²) >= 11 is 12.3. The fourth-order valence-electron chi connectivity index (χ4n) is 4.09. The van der Waals surface area contributed by atoms with Gasteiger partial charge >= 0.3 is 12.1 Å². The van der Waals surface area contributed by atoms with Gasteiger partial charge in [-0.1, -0.05) is 65.2 Å². The zero-order valence-electron chi connectivity index (χ0n) is 22.6. The van der Waals surface area contributed by atoms with E-state index in [1.807, 2.05) is 6.92 Å². The summed E-state index contributed by atoms with van der Waals surface area (Å²) in [7, 11) is -4.54. The Morgan fingerprint density at radius 3 is 1.82 bits per heavy atom. The number of benzene rings is 3. The summed E-state index contributed by atoms with van der Waals surface area (Å²) in [6.45, 7) is 6.75. The number of amides is 1. The lowest BCUT2D eigenvalue weighted by atomic mass is 9.95. The van der Waals surface area contributed by atoms with Gasteiger partial charge in [0.25, 0.3) is 10.0 Å². The second-order valence-electron chi connectivity index (χ2n) is 10.8. The van der Waals surface area contributed by atoms with E-state index in [1.54, 1.807) is 81.4 Å².